The molecular formula is C21H20N2O2. The lowest BCUT2D eigenvalue weighted by Gasteiger charge is -2.25. The number of aliphatic hydroxyl groups excluding tert-OH is 1. The molecule has 3 aromatic rings. The van der Waals surface area contributed by atoms with Crippen LogP contribution < -0.4 is 0 Å². The zero-order valence-corrected chi connectivity index (χ0v) is 13.9. The van der Waals surface area contributed by atoms with Gasteiger partial charge in [-0.25, -0.2) is 0 Å². The Morgan fingerprint density at radius 1 is 0.960 bits per heavy atom. The molecular weight excluding hydrogens is 312 g/mol. The molecule has 1 N–H and O–H groups in total. The van der Waals surface area contributed by atoms with Gasteiger partial charge in [-0.3, -0.25) is 4.90 Å². The lowest BCUT2D eigenvalue weighted by Crippen LogP contribution is -2.28. The highest BCUT2D eigenvalue weighted by atomic mass is 16.4. The minimum absolute atomic E-state index is 0.419. The van der Waals surface area contributed by atoms with Gasteiger partial charge in [0.15, 0.2) is 0 Å². The van der Waals surface area contributed by atoms with Crippen molar-refractivity contribution in [3.63, 3.8) is 0 Å². The van der Waals surface area contributed by atoms with Crippen LogP contribution >= 0.6 is 0 Å². The van der Waals surface area contributed by atoms with Crippen molar-refractivity contribution in [2.24, 2.45) is 0 Å². The molecule has 1 aromatic heterocycles. The van der Waals surface area contributed by atoms with E-state index in [0.717, 1.165) is 11.1 Å². The van der Waals surface area contributed by atoms with E-state index >= 15 is 0 Å². The van der Waals surface area contributed by atoms with Crippen LogP contribution in [-0.4, -0.2) is 16.6 Å². The highest BCUT2D eigenvalue weighted by Crippen LogP contribution is 2.19. The molecule has 0 saturated carbocycles. The van der Waals surface area contributed by atoms with E-state index in [-0.39, 0.29) is 0 Å². The molecule has 0 aliphatic heterocycles. The van der Waals surface area contributed by atoms with Gasteiger partial charge in [-0.2, -0.15) is 5.26 Å². The van der Waals surface area contributed by atoms with Crippen LogP contribution in [0, 0.1) is 11.3 Å². The van der Waals surface area contributed by atoms with Crippen LogP contribution in [0.5, 0.6) is 0 Å². The maximum Gasteiger partial charge on any atom is 0.133 e. The summed E-state index contributed by atoms with van der Waals surface area (Å²) in [5.41, 5.74) is 2.77. The van der Waals surface area contributed by atoms with Gasteiger partial charge in [0.05, 0.1) is 17.9 Å². The first-order valence-electron chi connectivity index (χ1n) is 8.22. The lowest BCUT2D eigenvalue weighted by atomic mass is 10.1. The van der Waals surface area contributed by atoms with Crippen molar-refractivity contribution in [3.8, 4) is 6.07 Å². The van der Waals surface area contributed by atoms with Crippen molar-refractivity contribution < 1.29 is 9.52 Å². The van der Waals surface area contributed by atoms with Crippen molar-refractivity contribution in [1.29, 1.82) is 5.26 Å². The average molecular weight is 332 g/mol. The van der Waals surface area contributed by atoms with Gasteiger partial charge in [-0.05, 0) is 29.3 Å². The number of benzene rings is 2. The van der Waals surface area contributed by atoms with Gasteiger partial charge in [-0.15, -0.1) is 0 Å². The number of furan rings is 1. The molecule has 0 spiro atoms. The number of nitriles is 1. The zero-order valence-electron chi connectivity index (χ0n) is 13.9. The summed E-state index contributed by atoms with van der Waals surface area (Å²) < 4.78 is 5.31. The summed E-state index contributed by atoms with van der Waals surface area (Å²) in [5, 5.41) is 19.8. The Kier molecular flexibility index (Phi) is 5.63. The van der Waals surface area contributed by atoms with Crippen LogP contribution in [0.2, 0.25) is 0 Å². The van der Waals surface area contributed by atoms with Crippen LogP contribution in [0.25, 0.3) is 0 Å². The topological polar surface area (TPSA) is 60.4 Å². The van der Waals surface area contributed by atoms with Crippen LogP contribution in [0.4, 0.5) is 0 Å². The van der Waals surface area contributed by atoms with E-state index in [1.807, 2.05) is 42.5 Å². The minimum atomic E-state index is -0.715. The van der Waals surface area contributed by atoms with Gasteiger partial charge in [-0.1, -0.05) is 48.5 Å². The van der Waals surface area contributed by atoms with Crippen molar-refractivity contribution in [1.82, 2.24) is 4.90 Å². The van der Waals surface area contributed by atoms with Crippen molar-refractivity contribution >= 4 is 0 Å². The molecule has 1 heterocycles. The van der Waals surface area contributed by atoms with Gasteiger partial charge >= 0.3 is 0 Å². The fourth-order valence-electron chi connectivity index (χ4n) is 2.85. The molecule has 0 fully saturated rings. The SMILES string of the molecule is N#Cc1ccccc1CN(Cc1ccccc1)CC(O)c1ccco1. The summed E-state index contributed by atoms with van der Waals surface area (Å²) in [6.07, 6.45) is 0.846. The third kappa shape index (κ3) is 4.57. The zero-order chi connectivity index (χ0) is 17.5. The Morgan fingerprint density at radius 2 is 1.72 bits per heavy atom. The predicted octanol–water partition coefficient (Wildman–Crippen LogP) is 3.89. The van der Waals surface area contributed by atoms with Gasteiger partial charge in [0.1, 0.15) is 11.9 Å². The molecule has 25 heavy (non-hydrogen) atoms. The second-order valence-corrected chi connectivity index (χ2v) is 5.96. The molecule has 1 unspecified atom stereocenters. The summed E-state index contributed by atoms with van der Waals surface area (Å²) in [4.78, 5) is 2.12. The second kappa shape index (κ2) is 8.29. The molecule has 0 bridgehead atoms. The number of hydrogen-bond acceptors (Lipinski definition) is 4. The molecule has 126 valence electrons. The quantitative estimate of drug-likeness (QED) is 0.713. The summed E-state index contributed by atoms with van der Waals surface area (Å²) in [5.74, 6) is 0.548. The molecule has 2 aromatic carbocycles. The molecule has 4 heteroatoms. The third-order valence-corrected chi connectivity index (χ3v) is 4.08. The average Bonchev–Trinajstić information content (AvgIpc) is 3.18. The third-order valence-electron chi connectivity index (χ3n) is 4.08. The molecule has 0 amide bonds. The van der Waals surface area contributed by atoms with E-state index in [2.05, 4.69) is 23.1 Å². The number of rotatable bonds is 7. The van der Waals surface area contributed by atoms with E-state index in [4.69, 9.17) is 4.42 Å². The van der Waals surface area contributed by atoms with E-state index in [1.54, 1.807) is 18.4 Å². The highest BCUT2D eigenvalue weighted by molar-refractivity contribution is 5.37. The van der Waals surface area contributed by atoms with E-state index < -0.39 is 6.10 Å². The molecule has 0 radical (unpaired) electrons. The molecule has 4 nitrogen and oxygen atoms in total. The molecule has 1 atom stereocenters. The van der Waals surface area contributed by atoms with Crippen molar-refractivity contribution in [2.75, 3.05) is 6.54 Å². The predicted molar refractivity (Wildman–Crippen MR) is 95.4 cm³/mol. The maximum atomic E-state index is 10.5. The van der Waals surface area contributed by atoms with E-state index in [9.17, 15) is 10.4 Å². The number of aliphatic hydroxyl groups is 1. The molecule has 0 saturated heterocycles. The van der Waals surface area contributed by atoms with Gasteiger partial charge in [0.2, 0.25) is 0 Å². The molecule has 0 aliphatic carbocycles. The molecule has 3 rings (SSSR count). The Morgan fingerprint density at radius 3 is 2.44 bits per heavy atom. The van der Waals surface area contributed by atoms with Crippen LogP contribution in [0.1, 0.15) is 28.6 Å². The Hall–Kier alpha value is -2.87. The second-order valence-electron chi connectivity index (χ2n) is 5.96. The van der Waals surface area contributed by atoms with Gasteiger partial charge in [0, 0.05) is 19.6 Å². The van der Waals surface area contributed by atoms with Gasteiger partial charge < -0.3 is 9.52 Å². The van der Waals surface area contributed by atoms with Crippen molar-refractivity contribution in [3.05, 3.63) is 95.4 Å². The number of hydrogen-bond donors (Lipinski definition) is 1. The standard InChI is InChI=1S/C21H20N2O2/c22-13-18-9-4-5-10-19(18)15-23(14-17-7-2-1-3-8-17)16-20(24)21-11-6-12-25-21/h1-12,20,24H,14-16H2. The summed E-state index contributed by atoms with van der Waals surface area (Å²) in [7, 11) is 0. The normalized spacial score (nSPS) is 12.0. The minimum Gasteiger partial charge on any atom is -0.467 e. The van der Waals surface area contributed by atoms with Crippen LogP contribution in [0.3, 0.4) is 0 Å². The summed E-state index contributed by atoms with van der Waals surface area (Å²) >= 11 is 0. The first kappa shape index (κ1) is 17.0. The number of nitrogens with zero attached hydrogens (tertiary/aromatic N) is 2. The Balaban J connectivity index is 1.79. The molecule has 0 aliphatic rings. The summed E-state index contributed by atoms with van der Waals surface area (Å²) in [6.45, 7) is 1.68. The Bertz CT molecular complexity index is 823. The van der Waals surface area contributed by atoms with Crippen LogP contribution in [0.15, 0.2) is 77.4 Å². The Labute approximate surface area is 147 Å². The van der Waals surface area contributed by atoms with Crippen molar-refractivity contribution in [2.45, 2.75) is 19.2 Å². The van der Waals surface area contributed by atoms with E-state index in [1.165, 1.54) is 0 Å². The monoisotopic (exact) mass is 332 g/mol. The fraction of sp³-hybridized carbons (Fsp3) is 0.190. The van der Waals surface area contributed by atoms with Gasteiger partial charge in [0.25, 0.3) is 0 Å². The smallest absolute Gasteiger partial charge is 0.133 e. The highest BCUT2D eigenvalue weighted by Gasteiger charge is 2.17. The van der Waals surface area contributed by atoms with Crippen LogP contribution in [-0.2, 0) is 13.1 Å². The maximum absolute atomic E-state index is 10.5. The first-order valence-corrected chi connectivity index (χ1v) is 8.22. The van der Waals surface area contributed by atoms with E-state index in [0.29, 0.717) is 31.0 Å². The lowest BCUT2D eigenvalue weighted by molar-refractivity contribution is 0.0872. The summed E-state index contributed by atoms with van der Waals surface area (Å²) in [6, 6.07) is 23.4. The fourth-order valence-corrected chi connectivity index (χ4v) is 2.85. The first-order chi connectivity index (χ1) is 12.3. The largest absolute Gasteiger partial charge is 0.467 e.